The second-order valence-electron chi connectivity index (χ2n) is 10.0. The van der Waals surface area contributed by atoms with Crippen LogP contribution in [-0.4, -0.2) is 24.1 Å². The molecule has 0 aromatic carbocycles. The SMILES string of the molecule is CCC(=O)O[C@H]1C[C@H](C)[C@@]2(C=O)C(=CC[C@@H]3[C@@H]2CC[C@]2(C)C(=O)CC[C@@H]32)[C@@H]1C. The number of rotatable bonds is 3. The maximum absolute atomic E-state index is 12.7. The first-order chi connectivity index (χ1) is 13.3. The van der Waals surface area contributed by atoms with Crippen molar-refractivity contribution in [2.45, 2.75) is 78.7 Å². The maximum atomic E-state index is 12.7. The fourth-order valence-corrected chi connectivity index (χ4v) is 7.49. The van der Waals surface area contributed by atoms with E-state index in [-0.39, 0.29) is 29.3 Å². The van der Waals surface area contributed by atoms with Crippen molar-refractivity contribution in [3.8, 4) is 0 Å². The molecule has 4 nitrogen and oxygen atoms in total. The first kappa shape index (κ1) is 19.8. The van der Waals surface area contributed by atoms with E-state index in [0.29, 0.717) is 36.4 Å². The number of carbonyl (C=O) groups is 3. The molecule has 0 N–H and O–H groups in total. The Balaban J connectivity index is 1.71. The first-order valence-electron chi connectivity index (χ1n) is 11.2. The molecular formula is C24H34O4. The monoisotopic (exact) mass is 386 g/mol. The Morgan fingerprint density at radius 3 is 2.71 bits per heavy atom. The van der Waals surface area contributed by atoms with Crippen molar-refractivity contribution in [1.82, 2.24) is 0 Å². The summed E-state index contributed by atoms with van der Waals surface area (Å²) in [6, 6.07) is 0. The lowest BCUT2D eigenvalue weighted by atomic mass is 9.44. The fraction of sp³-hybridized carbons (Fsp3) is 0.792. The van der Waals surface area contributed by atoms with Crippen LogP contribution >= 0.6 is 0 Å². The van der Waals surface area contributed by atoms with Crippen molar-refractivity contribution in [3.05, 3.63) is 11.6 Å². The maximum Gasteiger partial charge on any atom is 0.305 e. The van der Waals surface area contributed by atoms with Crippen LogP contribution in [0.3, 0.4) is 0 Å². The number of aldehydes is 1. The van der Waals surface area contributed by atoms with Crippen molar-refractivity contribution in [3.63, 3.8) is 0 Å². The molecule has 154 valence electrons. The van der Waals surface area contributed by atoms with Crippen LogP contribution in [0.1, 0.15) is 72.6 Å². The minimum absolute atomic E-state index is 0.0800. The zero-order valence-electron chi connectivity index (χ0n) is 17.7. The summed E-state index contributed by atoms with van der Waals surface area (Å²) in [4.78, 5) is 37.2. The molecule has 3 fully saturated rings. The Hall–Kier alpha value is -1.45. The summed E-state index contributed by atoms with van der Waals surface area (Å²) in [7, 11) is 0. The van der Waals surface area contributed by atoms with Gasteiger partial charge in [-0.25, -0.2) is 0 Å². The zero-order valence-corrected chi connectivity index (χ0v) is 17.7. The van der Waals surface area contributed by atoms with Crippen LogP contribution in [0.2, 0.25) is 0 Å². The average molecular weight is 387 g/mol. The van der Waals surface area contributed by atoms with Gasteiger partial charge in [-0.1, -0.05) is 39.3 Å². The van der Waals surface area contributed by atoms with Gasteiger partial charge in [-0.05, 0) is 55.8 Å². The van der Waals surface area contributed by atoms with Gasteiger partial charge in [-0.15, -0.1) is 0 Å². The number of hydrogen-bond acceptors (Lipinski definition) is 4. The second-order valence-corrected chi connectivity index (χ2v) is 10.0. The van der Waals surface area contributed by atoms with E-state index in [1.807, 2.05) is 6.92 Å². The van der Waals surface area contributed by atoms with Gasteiger partial charge in [0.2, 0.25) is 0 Å². The van der Waals surface area contributed by atoms with E-state index < -0.39 is 5.41 Å². The molecule has 0 unspecified atom stereocenters. The van der Waals surface area contributed by atoms with E-state index in [1.54, 1.807) is 0 Å². The lowest BCUT2D eigenvalue weighted by Crippen LogP contribution is -2.57. The van der Waals surface area contributed by atoms with Crippen LogP contribution in [0.5, 0.6) is 0 Å². The molecule has 28 heavy (non-hydrogen) atoms. The molecule has 4 aliphatic carbocycles. The number of fused-ring (bicyclic) bond motifs is 5. The van der Waals surface area contributed by atoms with Gasteiger partial charge in [0.05, 0.1) is 5.41 Å². The van der Waals surface area contributed by atoms with Crippen molar-refractivity contribution >= 4 is 18.0 Å². The van der Waals surface area contributed by atoms with Gasteiger partial charge in [0, 0.05) is 24.2 Å². The molecule has 0 heterocycles. The zero-order chi connectivity index (χ0) is 20.3. The largest absolute Gasteiger partial charge is 0.462 e. The summed E-state index contributed by atoms with van der Waals surface area (Å²) < 4.78 is 5.76. The molecular weight excluding hydrogens is 352 g/mol. The highest BCUT2D eigenvalue weighted by Crippen LogP contribution is 2.65. The minimum Gasteiger partial charge on any atom is -0.462 e. The predicted octanol–water partition coefficient (Wildman–Crippen LogP) is 4.51. The normalized spacial score (nSPS) is 47.4. The van der Waals surface area contributed by atoms with Gasteiger partial charge >= 0.3 is 5.97 Å². The van der Waals surface area contributed by atoms with Gasteiger partial charge < -0.3 is 9.53 Å². The van der Waals surface area contributed by atoms with Crippen LogP contribution in [-0.2, 0) is 19.1 Å². The van der Waals surface area contributed by atoms with E-state index in [4.69, 9.17) is 4.74 Å². The quantitative estimate of drug-likeness (QED) is 0.407. The molecule has 0 amide bonds. The highest BCUT2D eigenvalue weighted by molar-refractivity contribution is 5.87. The summed E-state index contributed by atoms with van der Waals surface area (Å²) in [6.45, 7) is 8.28. The van der Waals surface area contributed by atoms with Gasteiger partial charge in [0.15, 0.2) is 0 Å². The van der Waals surface area contributed by atoms with Crippen LogP contribution in [0.25, 0.3) is 0 Å². The number of esters is 1. The van der Waals surface area contributed by atoms with Crippen LogP contribution < -0.4 is 0 Å². The first-order valence-corrected chi connectivity index (χ1v) is 11.2. The topological polar surface area (TPSA) is 60.4 Å². The van der Waals surface area contributed by atoms with E-state index in [9.17, 15) is 14.4 Å². The van der Waals surface area contributed by atoms with Crippen molar-refractivity contribution in [2.24, 2.45) is 40.4 Å². The van der Waals surface area contributed by atoms with Crippen LogP contribution in [0, 0.1) is 40.4 Å². The molecule has 4 aliphatic rings. The van der Waals surface area contributed by atoms with E-state index in [2.05, 4.69) is 26.8 Å². The highest BCUT2D eigenvalue weighted by atomic mass is 16.5. The summed E-state index contributed by atoms with van der Waals surface area (Å²) in [5, 5.41) is 0. The molecule has 0 aromatic rings. The Kier molecular flexibility index (Phi) is 4.83. The number of ketones is 1. The van der Waals surface area contributed by atoms with Crippen LogP contribution in [0.4, 0.5) is 0 Å². The van der Waals surface area contributed by atoms with Gasteiger partial charge in [-0.2, -0.15) is 0 Å². The van der Waals surface area contributed by atoms with Gasteiger partial charge in [0.1, 0.15) is 18.2 Å². The summed E-state index contributed by atoms with van der Waals surface area (Å²) in [5.41, 5.74) is 0.563. The van der Waals surface area contributed by atoms with E-state index >= 15 is 0 Å². The van der Waals surface area contributed by atoms with Gasteiger partial charge in [0.25, 0.3) is 0 Å². The lowest BCUT2D eigenvalue weighted by molar-refractivity contribution is -0.158. The summed E-state index contributed by atoms with van der Waals surface area (Å²) >= 11 is 0. The smallest absolute Gasteiger partial charge is 0.305 e. The van der Waals surface area contributed by atoms with Crippen molar-refractivity contribution in [2.75, 3.05) is 0 Å². The number of carbonyl (C=O) groups excluding carboxylic acids is 3. The Bertz CT molecular complexity index is 724. The molecule has 4 rings (SSSR count). The molecule has 3 saturated carbocycles. The van der Waals surface area contributed by atoms with E-state index in [0.717, 1.165) is 32.1 Å². The van der Waals surface area contributed by atoms with Gasteiger partial charge in [-0.3, -0.25) is 9.59 Å². The molecule has 0 aliphatic heterocycles. The number of Topliss-reactive ketones (excluding diaryl/α,β-unsaturated/α-hetero) is 1. The molecule has 0 aromatic heterocycles. The van der Waals surface area contributed by atoms with Crippen LogP contribution in [0.15, 0.2) is 11.6 Å². The Morgan fingerprint density at radius 1 is 1.29 bits per heavy atom. The van der Waals surface area contributed by atoms with Crippen molar-refractivity contribution in [1.29, 1.82) is 0 Å². The Morgan fingerprint density at radius 2 is 2.04 bits per heavy atom. The molecule has 0 spiro atoms. The van der Waals surface area contributed by atoms with E-state index in [1.165, 1.54) is 11.9 Å². The molecule has 0 radical (unpaired) electrons. The molecule has 4 heteroatoms. The Labute approximate surface area is 168 Å². The number of hydrogen-bond donors (Lipinski definition) is 0. The third-order valence-corrected chi connectivity index (χ3v) is 9.09. The highest BCUT2D eigenvalue weighted by Gasteiger charge is 2.62. The lowest BCUT2D eigenvalue weighted by Gasteiger charge is -2.59. The molecule has 0 bridgehead atoms. The fourth-order valence-electron chi connectivity index (χ4n) is 7.49. The third-order valence-electron chi connectivity index (χ3n) is 9.09. The third kappa shape index (κ3) is 2.52. The van der Waals surface area contributed by atoms with Crippen molar-refractivity contribution < 1.29 is 19.1 Å². The number of allylic oxidation sites excluding steroid dienone is 1. The second kappa shape index (κ2) is 6.81. The predicted molar refractivity (Wildman–Crippen MR) is 106 cm³/mol. The average Bonchev–Trinajstić information content (AvgIpc) is 2.99. The molecule has 8 atom stereocenters. The minimum atomic E-state index is -0.454. The standard InChI is InChI=1S/C24H34O4/c1-5-22(27)28-20-12-14(2)24(13-25)17(15(20)3)7-6-16-18-8-9-21(26)23(18,4)11-10-19(16)24/h7,13-16,18-20H,5-6,8-12H2,1-4H3/t14-,15-,16-,18-,19-,20-,23-,24-/m0/s1. The number of ether oxygens (including phenoxy) is 1. The summed E-state index contributed by atoms with van der Waals surface area (Å²) in [6.07, 6.45) is 9.01. The molecule has 0 saturated heterocycles. The summed E-state index contributed by atoms with van der Waals surface area (Å²) in [5.74, 6) is 1.65.